The summed E-state index contributed by atoms with van der Waals surface area (Å²) in [7, 11) is 0. The van der Waals surface area contributed by atoms with Gasteiger partial charge < -0.3 is 10.6 Å². The number of halogens is 1. The first-order valence-corrected chi connectivity index (χ1v) is 8.40. The molecule has 0 saturated carbocycles. The van der Waals surface area contributed by atoms with Crippen LogP contribution in [0.5, 0.6) is 0 Å². The molecule has 6 nitrogen and oxygen atoms in total. The maximum atomic E-state index is 5.95. The first kappa shape index (κ1) is 16.2. The third kappa shape index (κ3) is 3.55. The average Bonchev–Trinajstić information content (AvgIpc) is 2.65. The standard InChI is InChI=1S/C19H15ClN6/c1-12-2-6-15(7-3-12)24-19-25-17-16(21-10-11-22-17)18(26-19)23-14-8-4-13(20)5-9-14/h2-11H,1H3,(H2,22,23,24,25,26). The molecule has 0 saturated heterocycles. The highest BCUT2D eigenvalue weighted by atomic mass is 35.5. The minimum Gasteiger partial charge on any atom is -0.338 e. The van der Waals surface area contributed by atoms with Gasteiger partial charge in [-0.15, -0.1) is 0 Å². The smallest absolute Gasteiger partial charge is 0.231 e. The zero-order valence-corrected chi connectivity index (χ0v) is 14.7. The molecule has 0 aliphatic heterocycles. The van der Waals surface area contributed by atoms with Crippen molar-refractivity contribution in [1.82, 2.24) is 19.9 Å². The van der Waals surface area contributed by atoms with E-state index in [0.29, 0.717) is 28.0 Å². The molecule has 0 radical (unpaired) electrons. The maximum Gasteiger partial charge on any atom is 0.231 e. The fourth-order valence-electron chi connectivity index (χ4n) is 2.44. The second kappa shape index (κ2) is 6.93. The van der Waals surface area contributed by atoms with Crippen molar-refractivity contribution in [2.24, 2.45) is 0 Å². The largest absolute Gasteiger partial charge is 0.338 e. The van der Waals surface area contributed by atoms with Crippen molar-refractivity contribution in [3.63, 3.8) is 0 Å². The van der Waals surface area contributed by atoms with Gasteiger partial charge in [-0.25, -0.2) is 9.97 Å². The number of hydrogen-bond acceptors (Lipinski definition) is 6. The summed E-state index contributed by atoms with van der Waals surface area (Å²) in [5.41, 5.74) is 4.04. The third-order valence-corrected chi connectivity index (χ3v) is 4.00. The molecule has 0 atom stereocenters. The number of aromatic nitrogens is 4. The van der Waals surface area contributed by atoms with Crippen LogP contribution in [0, 0.1) is 6.92 Å². The molecule has 0 spiro atoms. The molecule has 2 aromatic carbocycles. The van der Waals surface area contributed by atoms with E-state index in [9.17, 15) is 0 Å². The fraction of sp³-hybridized carbons (Fsp3) is 0.0526. The van der Waals surface area contributed by atoms with Gasteiger partial charge in [-0.05, 0) is 43.3 Å². The Bertz CT molecular complexity index is 1050. The number of fused-ring (bicyclic) bond motifs is 1. The second-order valence-corrected chi connectivity index (χ2v) is 6.18. The molecule has 4 rings (SSSR count). The summed E-state index contributed by atoms with van der Waals surface area (Å²) in [6, 6.07) is 15.4. The van der Waals surface area contributed by atoms with Crippen LogP contribution in [0.15, 0.2) is 60.9 Å². The quantitative estimate of drug-likeness (QED) is 0.539. The van der Waals surface area contributed by atoms with Crippen molar-refractivity contribution in [1.29, 1.82) is 0 Å². The highest BCUT2D eigenvalue weighted by Crippen LogP contribution is 2.24. The Labute approximate surface area is 155 Å². The maximum absolute atomic E-state index is 5.95. The fourth-order valence-corrected chi connectivity index (χ4v) is 2.57. The number of anilines is 4. The Morgan fingerprint density at radius 1 is 0.769 bits per heavy atom. The monoisotopic (exact) mass is 362 g/mol. The molecule has 26 heavy (non-hydrogen) atoms. The van der Waals surface area contributed by atoms with Crippen LogP contribution in [0.25, 0.3) is 11.2 Å². The van der Waals surface area contributed by atoms with E-state index in [1.54, 1.807) is 12.4 Å². The van der Waals surface area contributed by atoms with E-state index < -0.39 is 0 Å². The zero-order chi connectivity index (χ0) is 17.9. The van der Waals surface area contributed by atoms with Gasteiger partial charge in [-0.2, -0.15) is 9.97 Å². The molecule has 0 aliphatic rings. The van der Waals surface area contributed by atoms with E-state index in [2.05, 4.69) is 30.6 Å². The van der Waals surface area contributed by atoms with Crippen molar-refractivity contribution in [3.8, 4) is 0 Å². The number of benzene rings is 2. The lowest BCUT2D eigenvalue weighted by molar-refractivity contribution is 1.15. The summed E-state index contributed by atoms with van der Waals surface area (Å²) in [5.74, 6) is 1.01. The van der Waals surface area contributed by atoms with Gasteiger partial charge in [-0.1, -0.05) is 29.3 Å². The normalized spacial score (nSPS) is 10.7. The molecule has 0 bridgehead atoms. The Kier molecular flexibility index (Phi) is 4.33. The first-order chi connectivity index (χ1) is 12.7. The summed E-state index contributed by atoms with van der Waals surface area (Å²) < 4.78 is 0. The topological polar surface area (TPSA) is 75.6 Å². The van der Waals surface area contributed by atoms with E-state index in [1.807, 2.05) is 55.5 Å². The minimum atomic E-state index is 0.443. The molecule has 0 fully saturated rings. The summed E-state index contributed by atoms with van der Waals surface area (Å²) in [6.07, 6.45) is 3.23. The van der Waals surface area contributed by atoms with Crippen molar-refractivity contribution in [2.45, 2.75) is 6.92 Å². The van der Waals surface area contributed by atoms with Crippen LogP contribution >= 0.6 is 11.6 Å². The van der Waals surface area contributed by atoms with Crippen LogP contribution in [-0.4, -0.2) is 19.9 Å². The van der Waals surface area contributed by atoms with Crippen LogP contribution < -0.4 is 10.6 Å². The molecule has 2 aromatic heterocycles. The minimum absolute atomic E-state index is 0.443. The number of hydrogen-bond donors (Lipinski definition) is 2. The average molecular weight is 363 g/mol. The van der Waals surface area contributed by atoms with E-state index >= 15 is 0 Å². The highest BCUT2D eigenvalue weighted by molar-refractivity contribution is 6.30. The predicted molar refractivity (Wildman–Crippen MR) is 104 cm³/mol. The second-order valence-electron chi connectivity index (χ2n) is 5.75. The SMILES string of the molecule is Cc1ccc(Nc2nc(Nc3ccc(Cl)cc3)c3nccnc3n2)cc1. The first-order valence-electron chi connectivity index (χ1n) is 8.02. The highest BCUT2D eigenvalue weighted by Gasteiger charge is 2.10. The van der Waals surface area contributed by atoms with Gasteiger partial charge in [0, 0.05) is 28.8 Å². The van der Waals surface area contributed by atoms with E-state index in [1.165, 1.54) is 5.56 Å². The summed E-state index contributed by atoms with van der Waals surface area (Å²) in [5, 5.41) is 7.14. The summed E-state index contributed by atoms with van der Waals surface area (Å²) in [6.45, 7) is 2.04. The molecule has 4 aromatic rings. The summed E-state index contributed by atoms with van der Waals surface area (Å²) >= 11 is 5.95. The molecule has 2 N–H and O–H groups in total. The molecule has 7 heteroatoms. The Morgan fingerprint density at radius 3 is 2.19 bits per heavy atom. The Balaban J connectivity index is 1.72. The lowest BCUT2D eigenvalue weighted by Crippen LogP contribution is -2.04. The van der Waals surface area contributed by atoms with Crippen molar-refractivity contribution in [2.75, 3.05) is 10.6 Å². The Hall–Kier alpha value is -3.25. The van der Waals surface area contributed by atoms with Crippen LogP contribution in [0.4, 0.5) is 23.1 Å². The molecule has 0 amide bonds. The number of nitrogens with zero attached hydrogens (tertiary/aromatic N) is 4. The van der Waals surface area contributed by atoms with Crippen LogP contribution in [-0.2, 0) is 0 Å². The third-order valence-electron chi connectivity index (χ3n) is 3.75. The number of rotatable bonds is 4. The van der Waals surface area contributed by atoms with Crippen molar-refractivity contribution < 1.29 is 0 Å². The molecule has 0 aliphatic carbocycles. The van der Waals surface area contributed by atoms with E-state index in [4.69, 9.17) is 11.6 Å². The lowest BCUT2D eigenvalue weighted by atomic mass is 10.2. The predicted octanol–water partition coefficient (Wildman–Crippen LogP) is 4.87. The van der Waals surface area contributed by atoms with E-state index in [-0.39, 0.29) is 0 Å². The molecular weight excluding hydrogens is 348 g/mol. The molecular formula is C19H15ClN6. The van der Waals surface area contributed by atoms with Gasteiger partial charge in [-0.3, -0.25) is 0 Å². The van der Waals surface area contributed by atoms with Crippen molar-refractivity contribution >= 4 is 45.9 Å². The van der Waals surface area contributed by atoms with Crippen LogP contribution in [0.2, 0.25) is 5.02 Å². The van der Waals surface area contributed by atoms with Crippen LogP contribution in [0.3, 0.4) is 0 Å². The lowest BCUT2D eigenvalue weighted by Gasteiger charge is -2.11. The molecule has 128 valence electrons. The zero-order valence-electron chi connectivity index (χ0n) is 13.9. The van der Waals surface area contributed by atoms with Gasteiger partial charge in [0.25, 0.3) is 0 Å². The van der Waals surface area contributed by atoms with Crippen LogP contribution in [0.1, 0.15) is 5.56 Å². The van der Waals surface area contributed by atoms with Gasteiger partial charge >= 0.3 is 0 Å². The van der Waals surface area contributed by atoms with Gasteiger partial charge in [0.05, 0.1) is 0 Å². The van der Waals surface area contributed by atoms with Gasteiger partial charge in [0.2, 0.25) is 5.95 Å². The van der Waals surface area contributed by atoms with E-state index in [0.717, 1.165) is 11.4 Å². The van der Waals surface area contributed by atoms with Gasteiger partial charge in [0.1, 0.15) is 0 Å². The van der Waals surface area contributed by atoms with Gasteiger partial charge in [0.15, 0.2) is 17.0 Å². The molecule has 2 heterocycles. The Morgan fingerprint density at radius 2 is 1.42 bits per heavy atom. The molecule has 0 unspecified atom stereocenters. The number of nitrogens with one attached hydrogen (secondary N) is 2. The summed E-state index contributed by atoms with van der Waals surface area (Å²) in [4.78, 5) is 17.7. The van der Waals surface area contributed by atoms with Crippen molar-refractivity contribution in [3.05, 3.63) is 71.5 Å². The number of aryl methyl sites for hydroxylation is 1.